The maximum atomic E-state index is 11.3. The van der Waals surface area contributed by atoms with Crippen molar-refractivity contribution in [1.82, 2.24) is 0 Å². The van der Waals surface area contributed by atoms with Crippen molar-refractivity contribution in [2.75, 3.05) is 17.4 Å². The summed E-state index contributed by atoms with van der Waals surface area (Å²) in [6, 6.07) is 0. The quantitative estimate of drug-likeness (QED) is 0.419. The molecule has 86 valence electrons. The highest BCUT2D eigenvalue weighted by molar-refractivity contribution is 7.84. The molecule has 0 heterocycles. The molecule has 0 aliphatic heterocycles. The lowest BCUT2D eigenvalue weighted by molar-refractivity contribution is 0.622. The molecule has 1 nitrogen and oxygen atoms in total. The van der Waals surface area contributed by atoms with Crippen LogP contribution in [0.15, 0.2) is 0 Å². The Morgan fingerprint density at radius 1 is 0.929 bits per heavy atom. The summed E-state index contributed by atoms with van der Waals surface area (Å²) in [5.41, 5.74) is 0. The predicted octanol–water partition coefficient (Wildman–Crippen LogP) is 3.72. The van der Waals surface area contributed by atoms with Gasteiger partial charge in [-0.1, -0.05) is 39.0 Å². The molecule has 1 atom stereocenters. The number of unbranched alkanes of at least 4 members (excludes halogenated alkanes) is 5. The molecule has 0 bridgehead atoms. The van der Waals surface area contributed by atoms with E-state index in [1.807, 2.05) is 0 Å². The van der Waals surface area contributed by atoms with Gasteiger partial charge in [-0.15, -0.1) is 11.6 Å². The number of halogens is 1. The molecule has 0 saturated carbocycles. The molecular weight excluding hydrogens is 216 g/mol. The maximum absolute atomic E-state index is 11.3. The molecule has 14 heavy (non-hydrogen) atoms. The smallest absolute Gasteiger partial charge is 0.0246 e. The van der Waals surface area contributed by atoms with Gasteiger partial charge in [0.1, 0.15) is 0 Å². The van der Waals surface area contributed by atoms with Crippen molar-refractivity contribution in [3.63, 3.8) is 0 Å². The third kappa shape index (κ3) is 10.5. The fourth-order valence-corrected chi connectivity index (χ4v) is 2.85. The van der Waals surface area contributed by atoms with Crippen molar-refractivity contribution in [2.45, 2.75) is 51.9 Å². The van der Waals surface area contributed by atoms with Gasteiger partial charge in [-0.3, -0.25) is 4.21 Å². The fourth-order valence-electron chi connectivity index (χ4n) is 1.36. The van der Waals surface area contributed by atoms with Gasteiger partial charge in [-0.05, 0) is 12.8 Å². The molecule has 0 rings (SSSR count). The van der Waals surface area contributed by atoms with Crippen LogP contribution in [-0.2, 0) is 10.8 Å². The summed E-state index contributed by atoms with van der Waals surface area (Å²) in [5.74, 6) is 2.31. The highest BCUT2D eigenvalue weighted by atomic mass is 35.5. The number of alkyl halides is 1. The molecule has 0 amide bonds. The second-order valence-electron chi connectivity index (χ2n) is 3.66. The average Bonchev–Trinajstić information content (AvgIpc) is 2.20. The summed E-state index contributed by atoms with van der Waals surface area (Å²) < 4.78 is 11.3. The topological polar surface area (TPSA) is 17.1 Å². The minimum atomic E-state index is -0.612. The van der Waals surface area contributed by atoms with Gasteiger partial charge >= 0.3 is 0 Å². The van der Waals surface area contributed by atoms with Crippen LogP contribution in [0.2, 0.25) is 0 Å². The Kier molecular flexibility index (Phi) is 11.9. The second-order valence-corrected chi connectivity index (χ2v) is 5.73. The normalized spacial score (nSPS) is 13.0. The van der Waals surface area contributed by atoms with E-state index >= 15 is 0 Å². The van der Waals surface area contributed by atoms with E-state index < -0.39 is 10.8 Å². The third-order valence-corrected chi connectivity index (χ3v) is 3.99. The Morgan fingerprint density at radius 2 is 1.50 bits per heavy atom. The zero-order valence-electron chi connectivity index (χ0n) is 9.27. The zero-order valence-corrected chi connectivity index (χ0v) is 10.8. The van der Waals surface area contributed by atoms with Crippen LogP contribution >= 0.6 is 11.6 Å². The van der Waals surface area contributed by atoms with Gasteiger partial charge in [0.05, 0.1) is 0 Å². The minimum absolute atomic E-state index is 0.612. The molecule has 0 fully saturated rings. The van der Waals surface area contributed by atoms with Gasteiger partial charge in [-0.25, -0.2) is 0 Å². The van der Waals surface area contributed by atoms with Crippen molar-refractivity contribution in [2.24, 2.45) is 0 Å². The summed E-state index contributed by atoms with van der Waals surface area (Å²) >= 11 is 5.53. The molecular formula is C11H23ClOS. The Morgan fingerprint density at radius 3 is 2.14 bits per heavy atom. The number of hydrogen-bond donors (Lipinski definition) is 0. The molecule has 0 spiro atoms. The standard InChI is InChI=1S/C11H23ClOS/c1-2-3-4-5-6-7-10-14(13)11-8-9-12/h2-11H2,1H3/t14-/m1/s1. The molecule has 0 aromatic rings. The highest BCUT2D eigenvalue weighted by Crippen LogP contribution is 2.05. The second kappa shape index (κ2) is 11.5. The summed E-state index contributed by atoms with van der Waals surface area (Å²) in [7, 11) is -0.612. The Bertz CT molecular complexity index is 139. The monoisotopic (exact) mass is 238 g/mol. The molecule has 0 aliphatic rings. The van der Waals surface area contributed by atoms with Gasteiger partial charge in [0.2, 0.25) is 0 Å². The van der Waals surface area contributed by atoms with E-state index in [1.165, 1.54) is 32.1 Å². The van der Waals surface area contributed by atoms with Gasteiger partial charge in [0.25, 0.3) is 0 Å². The van der Waals surface area contributed by atoms with E-state index in [1.54, 1.807) is 0 Å². The molecule has 0 aromatic heterocycles. The SMILES string of the molecule is CCCCCCCC[S@@](=O)CCCCl. The van der Waals surface area contributed by atoms with Crippen molar-refractivity contribution in [3.8, 4) is 0 Å². The van der Waals surface area contributed by atoms with Gasteiger partial charge in [-0.2, -0.15) is 0 Å². The molecule has 0 saturated heterocycles. The maximum Gasteiger partial charge on any atom is 0.0246 e. The van der Waals surface area contributed by atoms with Crippen LogP contribution in [0.1, 0.15) is 51.9 Å². The molecule has 0 unspecified atom stereocenters. The Labute approximate surface area is 96.1 Å². The Hall–Kier alpha value is 0.440. The molecule has 0 aromatic carbocycles. The van der Waals surface area contributed by atoms with Crippen LogP contribution in [0.25, 0.3) is 0 Å². The first-order valence-corrected chi connectivity index (χ1v) is 7.74. The van der Waals surface area contributed by atoms with Crippen LogP contribution in [0, 0.1) is 0 Å². The lowest BCUT2D eigenvalue weighted by atomic mass is 10.1. The van der Waals surface area contributed by atoms with E-state index in [4.69, 9.17) is 11.6 Å². The predicted molar refractivity (Wildman–Crippen MR) is 66.6 cm³/mol. The molecule has 0 aliphatic carbocycles. The van der Waals surface area contributed by atoms with Crippen molar-refractivity contribution >= 4 is 22.4 Å². The summed E-state index contributed by atoms with van der Waals surface area (Å²) in [6.07, 6.45) is 8.54. The lowest BCUT2D eigenvalue weighted by Crippen LogP contribution is -2.03. The zero-order chi connectivity index (χ0) is 10.6. The van der Waals surface area contributed by atoms with Crippen molar-refractivity contribution < 1.29 is 4.21 Å². The number of hydrogen-bond acceptors (Lipinski definition) is 1. The third-order valence-electron chi connectivity index (χ3n) is 2.23. The van der Waals surface area contributed by atoms with E-state index in [9.17, 15) is 4.21 Å². The molecule has 0 N–H and O–H groups in total. The first kappa shape index (κ1) is 14.4. The van der Waals surface area contributed by atoms with Crippen LogP contribution in [-0.4, -0.2) is 21.6 Å². The largest absolute Gasteiger partial charge is 0.260 e. The summed E-state index contributed by atoms with van der Waals surface area (Å²) in [4.78, 5) is 0. The summed E-state index contributed by atoms with van der Waals surface area (Å²) in [5, 5.41) is 0. The van der Waals surface area contributed by atoms with E-state index in [-0.39, 0.29) is 0 Å². The van der Waals surface area contributed by atoms with E-state index in [0.29, 0.717) is 5.88 Å². The van der Waals surface area contributed by atoms with Crippen molar-refractivity contribution in [3.05, 3.63) is 0 Å². The fraction of sp³-hybridized carbons (Fsp3) is 1.00. The van der Waals surface area contributed by atoms with Gasteiger partial charge in [0, 0.05) is 28.2 Å². The number of rotatable bonds is 10. The molecule has 3 heteroatoms. The Balaban J connectivity index is 3.07. The van der Waals surface area contributed by atoms with Crippen LogP contribution < -0.4 is 0 Å². The van der Waals surface area contributed by atoms with Crippen molar-refractivity contribution in [1.29, 1.82) is 0 Å². The van der Waals surface area contributed by atoms with Crippen LogP contribution in [0.4, 0.5) is 0 Å². The average molecular weight is 239 g/mol. The van der Waals surface area contributed by atoms with Gasteiger partial charge in [0.15, 0.2) is 0 Å². The van der Waals surface area contributed by atoms with E-state index in [2.05, 4.69) is 6.92 Å². The van der Waals surface area contributed by atoms with Crippen LogP contribution in [0.3, 0.4) is 0 Å². The summed E-state index contributed by atoms with van der Waals surface area (Å²) in [6.45, 7) is 2.22. The van der Waals surface area contributed by atoms with Crippen LogP contribution in [0.5, 0.6) is 0 Å². The molecule has 0 radical (unpaired) electrons. The lowest BCUT2D eigenvalue weighted by Gasteiger charge is -2.01. The van der Waals surface area contributed by atoms with E-state index in [0.717, 1.165) is 24.3 Å². The van der Waals surface area contributed by atoms with Gasteiger partial charge < -0.3 is 0 Å². The highest BCUT2D eigenvalue weighted by Gasteiger charge is 1.98. The first-order valence-electron chi connectivity index (χ1n) is 5.72. The first-order chi connectivity index (χ1) is 6.81. The minimum Gasteiger partial charge on any atom is -0.260 e.